The number of anilines is 1. The molecule has 1 unspecified atom stereocenters. The third kappa shape index (κ3) is 2.10. The number of hydrogen-bond donors (Lipinski definition) is 2. The molecule has 1 amide bonds. The van der Waals surface area contributed by atoms with Crippen LogP contribution >= 0.6 is 0 Å². The number of nitrogens with zero attached hydrogens (tertiary/aromatic N) is 1. The molecule has 100 valence electrons. The lowest BCUT2D eigenvalue weighted by Crippen LogP contribution is -2.36. The van der Waals surface area contributed by atoms with E-state index in [9.17, 15) is 9.59 Å². The molecule has 0 saturated carbocycles. The molecule has 2 saturated heterocycles. The number of fused-ring (bicyclic) bond motifs is 1. The Bertz CT molecular complexity index is 529. The first-order valence-corrected chi connectivity index (χ1v) is 6.52. The van der Waals surface area contributed by atoms with Crippen molar-refractivity contribution in [2.24, 2.45) is 11.8 Å². The van der Waals surface area contributed by atoms with Crippen molar-refractivity contribution in [2.75, 3.05) is 24.5 Å². The first-order valence-electron chi connectivity index (χ1n) is 6.52. The largest absolute Gasteiger partial charge is 0.478 e. The number of rotatable bonds is 2. The summed E-state index contributed by atoms with van der Waals surface area (Å²) in [7, 11) is 0. The summed E-state index contributed by atoms with van der Waals surface area (Å²) in [6, 6.07) is 6.60. The number of aromatic carboxylic acids is 1. The Balaban J connectivity index is 1.88. The number of carbonyl (C=O) groups is 2. The number of hydrogen-bond acceptors (Lipinski definition) is 3. The quantitative estimate of drug-likeness (QED) is 0.831. The first kappa shape index (κ1) is 12.2. The van der Waals surface area contributed by atoms with Crippen molar-refractivity contribution in [2.45, 2.75) is 6.42 Å². The maximum Gasteiger partial charge on any atom is 0.335 e. The molecule has 1 aromatic rings. The van der Waals surface area contributed by atoms with Gasteiger partial charge in [-0.05, 0) is 31.2 Å². The molecular formula is C14H16N2O3. The topological polar surface area (TPSA) is 69.6 Å². The molecule has 0 radical (unpaired) electrons. The molecule has 0 aliphatic carbocycles. The van der Waals surface area contributed by atoms with Crippen LogP contribution in [0.5, 0.6) is 0 Å². The second-order valence-electron chi connectivity index (χ2n) is 5.16. The first-order chi connectivity index (χ1) is 9.16. The van der Waals surface area contributed by atoms with Crippen molar-refractivity contribution in [3.8, 4) is 0 Å². The molecule has 2 N–H and O–H groups in total. The molecule has 2 fully saturated rings. The Kier molecular flexibility index (Phi) is 2.98. The molecule has 2 aliphatic rings. The van der Waals surface area contributed by atoms with Gasteiger partial charge in [0, 0.05) is 30.6 Å². The summed E-state index contributed by atoms with van der Waals surface area (Å²) >= 11 is 0. The van der Waals surface area contributed by atoms with Crippen molar-refractivity contribution in [3.05, 3.63) is 29.8 Å². The van der Waals surface area contributed by atoms with Gasteiger partial charge in [0.25, 0.3) is 0 Å². The Morgan fingerprint density at radius 2 is 2.26 bits per heavy atom. The Morgan fingerprint density at radius 1 is 1.42 bits per heavy atom. The van der Waals surface area contributed by atoms with Crippen molar-refractivity contribution in [1.29, 1.82) is 0 Å². The van der Waals surface area contributed by atoms with Gasteiger partial charge in [0.05, 0.1) is 5.56 Å². The highest BCUT2D eigenvalue weighted by Crippen LogP contribution is 2.33. The summed E-state index contributed by atoms with van der Waals surface area (Å²) < 4.78 is 0. The Morgan fingerprint density at radius 3 is 3.00 bits per heavy atom. The van der Waals surface area contributed by atoms with Gasteiger partial charge >= 0.3 is 5.97 Å². The van der Waals surface area contributed by atoms with Crippen molar-refractivity contribution < 1.29 is 14.7 Å². The predicted molar refractivity (Wildman–Crippen MR) is 70.2 cm³/mol. The number of piperidine rings is 1. The zero-order valence-corrected chi connectivity index (χ0v) is 10.5. The zero-order chi connectivity index (χ0) is 13.4. The normalized spacial score (nSPS) is 26.3. The summed E-state index contributed by atoms with van der Waals surface area (Å²) in [6.07, 6.45) is 0.874. The van der Waals surface area contributed by atoms with Gasteiger partial charge in [-0.1, -0.05) is 6.07 Å². The van der Waals surface area contributed by atoms with Crippen LogP contribution in [0.4, 0.5) is 5.69 Å². The molecule has 3 rings (SSSR count). The fraction of sp³-hybridized carbons (Fsp3) is 0.429. The third-order valence-electron chi connectivity index (χ3n) is 4.01. The second kappa shape index (κ2) is 4.66. The van der Waals surface area contributed by atoms with Gasteiger partial charge in [0.15, 0.2) is 0 Å². The molecule has 2 aliphatic heterocycles. The summed E-state index contributed by atoms with van der Waals surface area (Å²) in [5.74, 6) is -0.397. The van der Waals surface area contributed by atoms with E-state index >= 15 is 0 Å². The number of amides is 1. The van der Waals surface area contributed by atoms with E-state index in [1.165, 1.54) is 0 Å². The number of nitrogens with one attached hydrogen (secondary N) is 1. The lowest BCUT2D eigenvalue weighted by molar-refractivity contribution is -0.121. The Labute approximate surface area is 111 Å². The molecule has 2 heterocycles. The number of carboxylic acid groups (broad SMARTS) is 1. The van der Waals surface area contributed by atoms with Crippen LogP contribution < -0.4 is 10.2 Å². The number of carboxylic acids is 1. The van der Waals surface area contributed by atoms with Crippen LogP contribution in [0, 0.1) is 11.8 Å². The predicted octanol–water partition coefficient (Wildman–Crippen LogP) is 0.957. The highest BCUT2D eigenvalue weighted by Gasteiger charge is 2.41. The van der Waals surface area contributed by atoms with Crippen LogP contribution in [0.1, 0.15) is 16.8 Å². The van der Waals surface area contributed by atoms with E-state index in [0.717, 1.165) is 19.5 Å². The standard InChI is InChI=1S/C14H16N2O3/c17-13-12-4-5-15-7-10(12)8-16(13)11-3-1-2-9(6-11)14(18)19/h1-3,6,10,12,15H,4-5,7-8H2,(H,18,19)/t10-,12?/m0/s1. The molecule has 19 heavy (non-hydrogen) atoms. The molecule has 1 aromatic carbocycles. The highest BCUT2D eigenvalue weighted by atomic mass is 16.4. The monoisotopic (exact) mass is 260 g/mol. The minimum atomic E-state index is -0.965. The summed E-state index contributed by atoms with van der Waals surface area (Å²) in [4.78, 5) is 25.1. The zero-order valence-electron chi connectivity index (χ0n) is 10.5. The smallest absolute Gasteiger partial charge is 0.335 e. The SMILES string of the molecule is O=C(O)c1cccc(N2C[C@@H]3CNCCC3C2=O)c1. The lowest BCUT2D eigenvalue weighted by atomic mass is 9.89. The van der Waals surface area contributed by atoms with Crippen molar-refractivity contribution in [1.82, 2.24) is 5.32 Å². The van der Waals surface area contributed by atoms with Gasteiger partial charge in [-0.15, -0.1) is 0 Å². The minimum Gasteiger partial charge on any atom is -0.478 e. The second-order valence-corrected chi connectivity index (χ2v) is 5.16. The van der Waals surface area contributed by atoms with E-state index in [4.69, 9.17) is 5.11 Å². The van der Waals surface area contributed by atoms with Crippen molar-refractivity contribution >= 4 is 17.6 Å². The van der Waals surface area contributed by atoms with Crippen LogP contribution in [0.15, 0.2) is 24.3 Å². The lowest BCUT2D eigenvalue weighted by Gasteiger charge is -2.22. The van der Waals surface area contributed by atoms with Gasteiger partial charge in [-0.3, -0.25) is 4.79 Å². The number of benzene rings is 1. The molecule has 5 heteroatoms. The van der Waals surface area contributed by atoms with Gasteiger partial charge in [0.1, 0.15) is 0 Å². The molecular weight excluding hydrogens is 244 g/mol. The van der Waals surface area contributed by atoms with E-state index in [1.54, 1.807) is 29.2 Å². The maximum absolute atomic E-state index is 12.4. The van der Waals surface area contributed by atoms with Gasteiger partial charge in [0.2, 0.25) is 5.91 Å². The molecule has 0 spiro atoms. The molecule has 0 bridgehead atoms. The van der Waals surface area contributed by atoms with Crippen LogP contribution in [0.25, 0.3) is 0 Å². The summed E-state index contributed by atoms with van der Waals surface area (Å²) in [5, 5.41) is 12.3. The molecule has 2 atom stereocenters. The minimum absolute atomic E-state index is 0.0923. The van der Waals surface area contributed by atoms with E-state index in [2.05, 4.69) is 5.32 Å². The fourth-order valence-corrected chi connectivity index (χ4v) is 3.00. The highest BCUT2D eigenvalue weighted by molar-refractivity contribution is 5.99. The average Bonchev–Trinajstić information content (AvgIpc) is 2.77. The van der Waals surface area contributed by atoms with Crippen LogP contribution in [-0.2, 0) is 4.79 Å². The van der Waals surface area contributed by atoms with Gasteiger partial charge in [-0.25, -0.2) is 4.79 Å². The fourth-order valence-electron chi connectivity index (χ4n) is 3.00. The maximum atomic E-state index is 12.4. The van der Waals surface area contributed by atoms with E-state index < -0.39 is 5.97 Å². The van der Waals surface area contributed by atoms with Gasteiger partial charge in [-0.2, -0.15) is 0 Å². The van der Waals surface area contributed by atoms with Crippen molar-refractivity contribution in [3.63, 3.8) is 0 Å². The van der Waals surface area contributed by atoms with Gasteiger partial charge < -0.3 is 15.3 Å². The summed E-state index contributed by atoms with van der Waals surface area (Å²) in [5.41, 5.74) is 0.914. The van der Waals surface area contributed by atoms with E-state index in [-0.39, 0.29) is 17.4 Å². The molecule has 0 aromatic heterocycles. The summed E-state index contributed by atoms with van der Waals surface area (Å²) in [6.45, 7) is 2.43. The third-order valence-corrected chi connectivity index (χ3v) is 4.01. The average molecular weight is 260 g/mol. The van der Waals surface area contributed by atoms with Crippen LogP contribution in [-0.4, -0.2) is 36.6 Å². The molecule has 5 nitrogen and oxygen atoms in total. The van der Waals surface area contributed by atoms with Crippen LogP contribution in [0.2, 0.25) is 0 Å². The van der Waals surface area contributed by atoms with Crippen LogP contribution in [0.3, 0.4) is 0 Å². The van der Waals surface area contributed by atoms with E-state index in [1.807, 2.05) is 0 Å². The number of carbonyl (C=O) groups excluding carboxylic acids is 1. The van der Waals surface area contributed by atoms with E-state index in [0.29, 0.717) is 18.2 Å². The Hall–Kier alpha value is -1.88.